The number of aromatic nitrogens is 2. The van der Waals surface area contributed by atoms with Gasteiger partial charge in [-0.15, -0.1) is 0 Å². The maximum absolute atomic E-state index is 11.9. The highest BCUT2D eigenvalue weighted by Gasteiger charge is 2.17. The number of fused-ring (bicyclic) bond motifs is 1. The molecule has 0 atom stereocenters. The third-order valence-corrected chi connectivity index (χ3v) is 4.45. The van der Waals surface area contributed by atoms with Crippen LogP contribution in [0.2, 0.25) is 0 Å². The molecule has 3 rings (SSSR count). The average molecular weight is 276 g/mol. The molecule has 5 heteroatoms. The third kappa shape index (κ3) is 3.14. The number of nitrogens with zero attached hydrogens (tertiary/aromatic N) is 2. The van der Waals surface area contributed by atoms with Crippen molar-refractivity contribution in [3.63, 3.8) is 0 Å². The minimum atomic E-state index is -0.0346. The Morgan fingerprint density at radius 3 is 2.95 bits per heavy atom. The van der Waals surface area contributed by atoms with Gasteiger partial charge in [-0.05, 0) is 32.1 Å². The van der Waals surface area contributed by atoms with Crippen LogP contribution >= 0.6 is 0 Å². The van der Waals surface area contributed by atoms with E-state index in [1.165, 1.54) is 43.4 Å². The van der Waals surface area contributed by atoms with E-state index in [4.69, 9.17) is 0 Å². The van der Waals surface area contributed by atoms with E-state index in [2.05, 4.69) is 20.4 Å². The van der Waals surface area contributed by atoms with Gasteiger partial charge in [0.25, 0.3) is 0 Å². The highest BCUT2D eigenvalue weighted by Crippen LogP contribution is 2.18. The lowest BCUT2D eigenvalue weighted by atomic mass is 9.96. The maximum Gasteiger partial charge on any atom is 0.315 e. The molecule has 0 aromatic carbocycles. The van der Waals surface area contributed by atoms with Crippen LogP contribution in [0.25, 0.3) is 0 Å². The number of carbonyl (C=O) groups excluding carboxylic acids is 1. The minimum absolute atomic E-state index is 0.0346. The average Bonchev–Trinajstić information content (AvgIpc) is 2.89. The number of urea groups is 1. The van der Waals surface area contributed by atoms with Crippen molar-refractivity contribution < 1.29 is 4.79 Å². The molecule has 110 valence electrons. The number of hydrogen-bond donors (Lipinski definition) is 2. The Morgan fingerprint density at radius 2 is 2.10 bits per heavy atom. The van der Waals surface area contributed by atoms with Gasteiger partial charge in [-0.1, -0.05) is 19.3 Å². The molecule has 1 fully saturated rings. The second-order valence-electron chi connectivity index (χ2n) is 5.96. The minimum Gasteiger partial charge on any atom is -0.335 e. The van der Waals surface area contributed by atoms with Crippen molar-refractivity contribution in [1.29, 1.82) is 0 Å². The Balaban J connectivity index is 1.49. The van der Waals surface area contributed by atoms with Gasteiger partial charge >= 0.3 is 6.03 Å². The van der Waals surface area contributed by atoms with Gasteiger partial charge in [-0.3, -0.25) is 4.68 Å². The van der Waals surface area contributed by atoms with Gasteiger partial charge in [0.15, 0.2) is 0 Å². The van der Waals surface area contributed by atoms with Crippen molar-refractivity contribution in [3.8, 4) is 0 Å². The standard InChI is InChI=1S/C15H24N4O/c20-15(18-13-6-2-1-3-7-13)16-10-12-11-17-19-9-5-4-8-14(12)19/h11,13H,1-10H2,(H2,16,18,20). The Kier molecular flexibility index (Phi) is 4.23. The smallest absolute Gasteiger partial charge is 0.315 e. The first-order chi connectivity index (χ1) is 9.83. The molecule has 1 aliphatic carbocycles. The summed E-state index contributed by atoms with van der Waals surface area (Å²) in [5.41, 5.74) is 2.47. The fraction of sp³-hybridized carbons (Fsp3) is 0.733. The van der Waals surface area contributed by atoms with Gasteiger partial charge in [-0.2, -0.15) is 5.10 Å². The molecule has 1 aromatic rings. The van der Waals surface area contributed by atoms with Crippen LogP contribution in [0.5, 0.6) is 0 Å². The maximum atomic E-state index is 11.9. The van der Waals surface area contributed by atoms with E-state index < -0.39 is 0 Å². The number of hydrogen-bond acceptors (Lipinski definition) is 2. The van der Waals surface area contributed by atoms with Crippen LogP contribution in [0.3, 0.4) is 0 Å². The summed E-state index contributed by atoms with van der Waals surface area (Å²) in [7, 11) is 0. The quantitative estimate of drug-likeness (QED) is 0.890. The summed E-state index contributed by atoms with van der Waals surface area (Å²) in [6.45, 7) is 1.61. The van der Waals surface area contributed by atoms with Crippen LogP contribution in [0.4, 0.5) is 4.79 Å². The highest BCUT2D eigenvalue weighted by molar-refractivity contribution is 5.74. The second kappa shape index (κ2) is 6.29. The van der Waals surface area contributed by atoms with Crippen LogP contribution < -0.4 is 10.6 Å². The Labute approximate surface area is 120 Å². The van der Waals surface area contributed by atoms with Crippen LogP contribution in [0.1, 0.15) is 56.2 Å². The zero-order valence-corrected chi connectivity index (χ0v) is 12.0. The lowest BCUT2D eigenvalue weighted by Crippen LogP contribution is -2.42. The molecule has 20 heavy (non-hydrogen) atoms. The molecule has 0 spiro atoms. The first-order valence-corrected chi connectivity index (χ1v) is 7.91. The summed E-state index contributed by atoms with van der Waals surface area (Å²) in [5.74, 6) is 0. The van der Waals surface area contributed by atoms with Crippen molar-refractivity contribution in [1.82, 2.24) is 20.4 Å². The van der Waals surface area contributed by atoms with Crippen LogP contribution in [0.15, 0.2) is 6.20 Å². The zero-order valence-electron chi connectivity index (χ0n) is 12.0. The molecule has 2 N–H and O–H groups in total. The lowest BCUT2D eigenvalue weighted by molar-refractivity contribution is 0.232. The van der Waals surface area contributed by atoms with E-state index in [0.717, 1.165) is 25.8 Å². The van der Waals surface area contributed by atoms with E-state index in [1.54, 1.807) is 0 Å². The van der Waals surface area contributed by atoms with Crippen molar-refractivity contribution in [2.75, 3.05) is 0 Å². The number of carbonyl (C=O) groups is 1. The fourth-order valence-corrected chi connectivity index (χ4v) is 3.29. The summed E-state index contributed by atoms with van der Waals surface area (Å²) >= 11 is 0. The van der Waals surface area contributed by atoms with Crippen LogP contribution in [-0.4, -0.2) is 21.9 Å². The molecule has 1 saturated carbocycles. The largest absolute Gasteiger partial charge is 0.335 e. The second-order valence-corrected chi connectivity index (χ2v) is 5.96. The summed E-state index contributed by atoms with van der Waals surface area (Å²) < 4.78 is 2.08. The highest BCUT2D eigenvalue weighted by atomic mass is 16.2. The molecule has 0 unspecified atom stereocenters. The summed E-state index contributed by atoms with van der Waals surface area (Å²) in [6, 6.07) is 0.331. The molecular weight excluding hydrogens is 252 g/mol. The first-order valence-electron chi connectivity index (χ1n) is 7.91. The Morgan fingerprint density at radius 1 is 1.25 bits per heavy atom. The van der Waals surface area contributed by atoms with Crippen molar-refractivity contribution in [3.05, 3.63) is 17.5 Å². The monoisotopic (exact) mass is 276 g/mol. The molecule has 2 aliphatic rings. The molecule has 2 heterocycles. The van der Waals surface area contributed by atoms with Crippen molar-refractivity contribution in [2.45, 2.75) is 70.5 Å². The van der Waals surface area contributed by atoms with Crippen LogP contribution in [-0.2, 0) is 19.5 Å². The van der Waals surface area contributed by atoms with Gasteiger partial charge in [0.05, 0.1) is 6.20 Å². The molecule has 1 aromatic heterocycles. The Bertz CT molecular complexity index is 462. The van der Waals surface area contributed by atoms with E-state index in [1.807, 2.05) is 6.20 Å². The molecule has 0 radical (unpaired) electrons. The summed E-state index contributed by atoms with van der Waals surface area (Å²) in [5, 5.41) is 10.5. The lowest BCUT2D eigenvalue weighted by Gasteiger charge is -2.23. The molecular formula is C15H24N4O. The van der Waals surface area contributed by atoms with Crippen LogP contribution in [0, 0.1) is 0 Å². The normalized spacial score (nSPS) is 19.4. The molecule has 2 amide bonds. The van der Waals surface area contributed by atoms with Gasteiger partial charge in [0.1, 0.15) is 0 Å². The predicted octanol–water partition coefficient (Wildman–Crippen LogP) is 2.35. The number of aryl methyl sites for hydroxylation is 1. The SMILES string of the molecule is O=C(NCc1cnn2c1CCCC2)NC1CCCCC1. The molecule has 5 nitrogen and oxygen atoms in total. The molecule has 0 bridgehead atoms. The van der Waals surface area contributed by atoms with Crippen molar-refractivity contribution in [2.24, 2.45) is 0 Å². The predicted molar refractivity (Wildman–Crippen MR) is 77.4 cm³/mol. The number of rotatable bonds is 3. The van der Waals surface area contributed by atoms with Gasteiger partial charge in [0.2, 0.25) is 0 Å². The van der Waals surface area contributed by atoms with Crippen molar-refractivity contribution >= 4 is 6.03 Å². The van der Waals surface area contributed by atoms with E-state index in [0.29, 0.717) is 12.6 Å². The van der Waals surface area contributed by atoms with E-state index in [9.17, 15) is 4.79 Å². The Hall–Kier alpha value is -1.52. The van der Waals surface area contributed by atoms with E-state index in [-0.39, 0.29) is 6.03 Å². The number of nitrogens with one attached hydrogen (secondary N) is 2. The topological polar surface area (TPSA) is 59.0 Å². The summed E-state index contributed by atoms with van der Waals surface area (Å²) in [6.07, 6.45) is 11.5. The van der Waals surface area contributed by atoms with Gasteiger partial charge in [0, 0.05) is 30.4 Å². The van der Waals surface area contributed by atoms with Gasteiger partial charge < -0.3 is 10.6 Å². The van der Waals surface area contributed by atoms with Gasteiger partial charge in [-0.25, -0.2) is 4.79 Å². The fourth-order valence-electron chi connectivity index (χ4n) is 3.29. The zero-order chi connectivity index (χ0) is 13.8. The van der Waals surface area contributed by atoms with E-state index >= 15 is 0 Å². The third-order valence-electron chi connectivity index (χ3n) is 4.45. The number of amides is 2. The first kappa shape index (κ1) is 13.5. The molecule has 1 aliphatic heterocycles. The summed E-state index contributed by atoms with van der Waals surface area (Å²) in [4.78, 5) is 11.9. The molecule has 0 saturated heterocycles.